The number of aliphatic hydroxyl groups is 1. The quantitative estimate of drug-likeness (QED) is 0.0846. The molecule has 2 saturated heterocycles. The van der Waals surface area contributed by atoms with Gasteiger partial charge in [0.2, 0.25) is 11.8 Å². The number of epoxide rings is 1. The van der Waals surface area contributed by atoms with E-state index in [4.69, 9.17) is 44.8 Å². The molecule has 2 aliphatic heterocycles. The van der Waals surface area contributed by atoms with Crippen molar-refractivity contribution < 1.29 is 71.8 Å². The molecule has 0 saturated carbocycles. The number of ketones is 1. The van der Waals surface area contributed by atoms with Crippen molar-refractivity contribution in [2.45, 2.75) is 139 Å². The molecule has 5 amide bonds. The predicted octanol–water partition coefficient (Wildman–Crippen LogP) is 5.54. The standard InChI is InChI=1S/C52H74ClN5O15S/c1-31-16-15-19-41(68-10)52(66)29-40(70-48(63)55-52)32(2)46-51(4,73-46)42(28-36(59)27-35-25-34(24-31)26-39(67-9)45(35)53)72-47(62)33(3)58(8)44(61)20-23-74-50(65)57(7)22-21-56(6)49(64)71-38-18-14-12-11-13-17-37(38)69-30-43(60)54-5/h14-16,18-19,25-26,32-33,37-38,40-42,46,66H,11-13,17,20-24,27-30H2,1-10H3,(H,54,60)(H,55,63)/b18-14+,19-15+,31-16+/t32-,33+,37?,38?,40+,41-,42+,46+,51+,52+/m1/s1. The van der Waals surface area contributed by atoms with E-state index in [2.05, 4.69) is 10.6 Å². The second kappa shape index (κ2) is 27.0. The first-order chi connectivity index (χ1) is 35.0. The number of hydrogen-bond donors (Lipinski definition) is 3. The number of carbonyl (C=O) groups excluding carboxylic acids is 7. The van der Waals surface area contributed by atoms with Crippen LogP contribution in [0, 0.1) is 5.92 Å². The van der Waals surface area contributed by atoms with E-state index < -0.39 is 84.0 Å². The van der Waals surface area contributed by atoms with Gasteiger partial charge in [-0.2, -0.15) is 0 Å². The van der Waals surface area contributed by atoms with Gasteiger partial charge in [-0.3, -0.25) is 24.5 Å². The Balaban J connectivity index is 1.21. The number of benzene rings is 1. The van der Waals surface area contributed by atoms with Crippen molar-refractivity contribution in [1.82, 2.24) is 25.3 Å². The predicted molar refractivity (Wildman–Crippen MR) is 276 cm³/mol. The number of nitrogens with one attached hydrogen (secondary N) is 2. The van der Waals surface area contributed by atoms with Crippen LogP contribution in [0.5, 0.6) is 5.75 Å². The van der Waals surface area contributed by atoms with Crippen LogP contribution in [-0.4, -0.2) is 183 Å². The van der Waals surface area contributed by atoms with Gasteiger partial charge in [0.1, 0.15) is 54.2 Å². The largest absolute Gasteiger partial charge is 0.495 e. The van der Waals surface area contributed by atoms with E-state index in [1.54, 1.807) is 52.2 Å². The van der Waals surface area contributed by atoms with Crippen LogP contribution in [0.2, 0.25) is 5.02 Å². The molecular weight excluding hydrogens is 1000 g/mol. The summed E-state index contributed by atoms with van der Waals surface area (Å²) in [6.07, 6.45) is 5.54. The number of ether oxygens (including phenoxy) is 7. The van der Waals surface area contributed by atoms with Gasteiger partial charge in [0.25, 0.3) is 5.24 Å². The van der Waals surface area contributed by atoms with Crippen LogP contribution in [0.15, 0.2) is 48.1 Å². The summed E-state index contributed by atoms with van der Waals surface area (Å²) in [6.45, 7) is 7.02. The highest BCUT2D eigenvalue weighted by Crippen LogP contribution is 2.49. The lowest BCUT2D eigenvalue weighted by molar-refractivity contribution is -0.162. The van der Waals surface area contributed by atoms with Crippen LogP contribution in [0.1, 0.15) is 83.8 Å². The molecule has 5 rings (SSSR count). The number of likely N-dealkylation sites (N-methyl/N-ethyl adjacent to an activating group) is 4. The number of esters is 1. The second-order valence-corrected chi connectivity index (χ2v) is 21.0. The number of halogens is 1. The minimum absolute atomic E-state index is 0.0856. The number of Topliss-reactive ketones (excluding diaryl/α,β-unsaturated/α-hetero) is 1. The smallest absolute Gasteiger partial charge is 0.410 e. The molecule has 2 heterocycles. The normalized spacial score (nSPS) is 29.1. The van der Waals surface area contributed by atoms with Crippen LogP contribution >= 0.6 is 23.4 Å². The number of rotatable bonds is 15. The summed E-state index contributed by atoms with van der Waals surface area (Å²) in [4.78, 5) is 96.6. The zero-order chi connectivity index (χ0) is 54.5. The highest BCUT2D eigenvalue weighted by atomic mass is 35.5. The Morgan fingerprint density at radius 3 is 2.47 bits per heavy atom. The molecular formula is C52H74ClN5O15S. The van der Waals surface area contributed by atoms with Crippen molar-refractivity contribution >= 4 is 64.4 Å². The van der Waals surface area contributed by atoms with Crippen LogP contribution < -0.4 is 15.4 Å². The monoisotopic (exact) mass is 1080 g/mol. The van der Waals surface area contributed by atoms with Crippen molar-refractivity contribution in [2.75, 3.05) is 67.9 Å². The molecule has 22 heteroatoms. The first kappa shape index (κ1) is 59.7. The summed E-state index contributed by atoms with van der Waals surface area (Å²) in [5, 5.41) is 16.8. The maximum absolute atomic E-state index is 14.1. The fraction of sp³-hybridized carbons (Fsp3) is 0.635. The van der Waals surface area contributed by atoms with E-state index in [0.717, 1.165) is 42.2 Å². The Morgan fingerprint density at radius 2 is 1.77 bits per heavy atom. The number of nitrogens with zero attached hydrogens (tertiary/aromatic N) is 3. The second-order valence-electron chi connectivity index (χ2n) is 19.6. The van der Waals surface area contributed by atoms with Crippen LogP contribution in [0.4, 0.5) is 14.4 Å². The topological polar surface area (TPSA) is 241 Å². The van der Waals surface area contributed by atoms with Gasteiger partial charge < -0.3 is 58.3 Å². The molecule has 4 bridgehead atoms. The van der Waals surface area contributed by atoms with E-state index in [9.17, 15) is 38.7 Å². The summed E-state index contributed by atoms with van der Waals surface area (Å²) in [7, 11) is 8.98. The Labute approximate surface area is 443 Å². The molecule has 20 nitrogen and oxygen atoms in total. The van der Waals surface area contributed by atoms with E-state index in [0.29, 0.717) is 24.2 Å². The van der Waals surface area contributed by atoms with Crippen LogP contribution in [0.3, 0.4) is 0 Å². The lowest BCUT2D eigenvalue weighted by Crippen LogP contribution is -2.63. The third kappa shape index (κ3) is 15.9. The fourth-order valence-electron chi connectivity index (χ4n) is 9.12. The first-order valence-electron chi connectivity index (χ1n) is 24.9. The average molecular weight is 1080 g/mol. The third-order valence-corrected chi connectivity index (χ3v) is 15.4. The Bertz CT molecular complexity index is 2300. The van der Waals surface area contributed by atoms with Crippen LogP contribution in [0.25, 0.3) is 0 Å². The van der Waals surface area contributed by atoms with E-state index in [1.807, 2.05) is 25.1 Å². The number of amides is 5. The summed E-state index contributed by atoms with van der Waals surface area (Å²) >= 11 is 7.67. The van der Waals surface area contributed by atoms with Gasteiger partial charge in [-0.05, 0) is 69.7 Å². The van der Waals surface area contributed by atoms with Crippen molar-refractivity contribution in [3.63, 3.8) is 0 Å². The van der Waals surface area contributed by atoms with Crippen molar-refractivity contribution in [3.05, 3.63) is 64.2 Å². The molecule has 410 valence electrons. The molecule has 0 aromatic heterocycles. The number of alkyl carbamates (subject to hydrolysis) is 1. The Hall–Kier alpha value is -5.19. The van der Waals surface area contributed by atoms with E-state index in [-0.39, 0.29) is 73.1 Å². The van der Waals surface area contributed by atoms with Gasteiger partial charge in [-0.25, -0.2) is 14.4 Å². The minimum atomic E-state index is -1.87. The highest BCUT2D eigenvalue weighted by Gasteiger charge is 2.64. The molecule has 74 heavy (non-hydrogen) atoms. The van der Waals surface area contributed by atoms with Crippen molar-refractivity contribution in [3.8, 4) is 5.75 Å². The van der Waals surface area contributed by atoms with Crippen LogP contribution in [-0.2, 0) is 60.4 Å². The molecule has 0 spiro atoms. The molecule has 2 aliphatic carbocycles. The number of methoxy groups -OCH3 is 2. The van der Waals surface area contributed by atoms with Gasteiger partial charge >= 0.3 is 18.2 Å². The number of carbonyl (C=O) groups is 7. The summed E-state index contributed by atoms with van der Waals surface area (Å²) in [5.41, 5.74) is -0.912. The zero-order valence-corrected chi connectivity index (χ0v) is 45.7. The van der Waals surface area contributed by atoms with Gasteiger partial charge in [0.05, 0.1) is 24.3 Å². The van der Waals surface area contributed by atoms with Gasteiger partial charge in [0.15, 0.2) is 5.72 Å². The molecule has 1 aromatic rings. The fourth-order valence-corrected chi connectivity index (χ4v) is 10.1. The number of fused-ring (bicyclic) bond motifs is 5. The lowest BCUT2D eigenvalue weighted by Gasteiger charge is -2.42. The van der Waals surface area contributed by atoms with Gasteiger partial charge in [-0.15, -0.1) is 0 Å². The summed E-state index contributed by atoms with van der Waals surface area (Å²) in [5.74, 6) is -2.00. The number of thioether (sulfide) groups is 1. The lowest BCUT2D eigenvalue weighted by atomic mass is 9.83. The molecule has 10 atom stereocenters. The first-order valence-corrected chi connectivity index (χ1v) is 26.3. The maximum Gasteiger partial charge on any atom is 0.410 e. The SMILES string of the molecule is CNC(=O)COC1CCCC/C=C/C1OC(=O)N(C)CCN(C)C(=O)SCCC(=O)N(C)[C@@H](C)C(=O)O[C@H]1CC(=O)Cc2cc(cc(OC)c2Cl)C/C(C)=C/C=C/[C@@H](OC)[C@@]2(O)C[C@H](OC(=O)N2)[C@@H](C)[C@@H]2O[C@@]12C. The van der Waals surface area contributed by atoms with E-state index in [1.165, 1.54) is 49.9 Å². The molecule has 2 unspecified atom stereocenters. The zero-order valence-electron chi connectivity index (χ0n) is 44.1. The Morgan fingerprint density at radius 1 is 1.04 bits per heavy atom. The summed E-state index contributed by atoms with van der Waals surface area (Å²) in [6, 6.07) is 2.48. The van der Waals surface area contributed by atoms with Crippen molar-refractivity contribution in [2.24, 2.45) is 5.92 Å². The Kier molecular flexibility index (Phi) is 21.8. The molecule has 3 N–H and O–H groups in total. The molecule has 0 radical (unpaired) electrons. The number of hydrogen-bond acceptors (Lipinski definition) is 16. The molecule has 4 aliphatic rings. The van der Waals surface area contributed by atoms with Crippen molar-refractivity contribution in [1.29, 1.82) is 0 Å². The number of allylic oxidation sites excluding steroid dienone is 4. The third-order valence-electron chi connectivity index (χ3n) is 14.0. The highest BCUT2D eigenvalue weighted by molar-refractivity contribution is 8.13. The minimum Gasteiger partial charge on any atom is -0.495 e. The average Bonchev–Trinajstić information content (AvgIpc) is 4.05. The molecule has 1 aromatic carbocycles. The molecule has 2 fully saturated rings. The van der Waals surface area contributed by atoms with Gasteiger partial charge in [-0.1, -0.05) is 72.7 Å². The van der Waals surface area contributed by atoms with Gasteiger partial charge in [0, 0.05) is 85.7 Å². The summed E-state index contributed by atoms with van der Waals surface area (Å²) < 4.78 is 40.9. The maximum atomic E-state index is 14.1. The van der Waals surface area contributed by atoms with E-state index >= 15 is 0 Å².